The standard InChI is InChI=1S/C18H28N4O3/c1-13(2)19-18(24)20-17(23)14(3)21-9-11-22(12-10-21)15-5-7-16(25-4)8-6-15/h5-8,13-14H,9-12H2,1-4H3,(H2,19,20,23,24)/t14-/m1/s1. The summed E-state index contributed by atoms with van der Waals surface area (Å²) < 4.78 is 5.18. The molecule has 0 unspecified atom stereocenters. The number of methoxy groups -OCH3 is 1. The van der Waals surface area contributed by atoms with Crippen LogP contribution in [-0.4, -0.2) is 62.2 Å². The van der Waals surface area contributed by atoms with E-state index in [9.17, 15) is 9.59 Å². The SMILES string of the molecule is COc1ccc(N2CCN([C@H](C)C(=O)NC(=O)NC(C)C)CC2)cc1. The normalized spacial score (nSPS) is 16.4. The fourth-order valence-corrected chi connectivity index (χ4v) is 2.84. The molecule has 1 heterocycles. The summed E-state index contributed by atoms with van der Waals surface area (Å²) in [5.74, 6) is 0.573. The molecule has 25 heavy (non-hydrogen) atoms. The molecule has 1 fully saturated rings. The summed E-state index contributed by atoms with van der Waals surface area (Å²) in [5, 5.41) is 5.07. The molecule has 0 aromatic heterocycles. The van der Waals surface area contributed by atoms with Crippen LogP contribution in [-0.2, 0) is 4.79 Å². The third kappa shape index (κ3) is 5.35. The Bertz CT molecular complexity index is 580. The molecule has 3 amide bonds. The number of imide groups is 1. The molecule has 0 bridgehead atoms. The van der Waals surface area contributed by atoms with Crippen LogP contribution in [0.15, 0.2) is 24.3 Å². The van der Waals surface area contributed by atoms with Gasteiger partial charge in [0, 0.05) is 37.9 Å². The molecule has 7 heteroatoms. The summed E-state index contributed by atoms with van der Waals surface area (Å²) in [6.07, 6.45) is 0. The van der Waals surface area contributed by atoms with Gasteiger partial charge in [0.1, 0.15) is 5.75 Å². The minimum atomic E-state index is -0.441. The Hall–Kier alpha value is -2.28. The highest BCUT2D eigenvalue weighted by Crippen LogP contribution is 2.21. The molecule has 0 spiro atoms. The van der Waals surface area contributed by atoms with Gasteiger partial charge in [-0.3, -0.25) is 15.0 Å². The molecule has 2 rings (SSSR count). The van der Waals surface area contributed by atoms with Crippen molar-refractivity contribution in [2.75, 3.05) is 38.2 Å². The summed E-state index contributed by atoms with van der Waals surface area (Å²) in [5.41, 5.74) is 1.15. The molecule has 1 saturated heterocycles. The quantitative estimate of drug-likeness (QED) is 0.842. The van der Waals surface area contributed by atoms with E-state index in [0.717, 1.165) is 37.6 Å². The Morgan fingerprint density at radius 3 is 2.16 bits per heavy atom. The van der Waals surface area contributed by atoms with Crippen LogP contribution in [0.5, 0.6) is 5.75 Å². The van der Waals surface area contributed by atoms with E-state index < -0.39 is 6.03 Å². The van der Waals surface area contributed by atoms with Crippen molar-refractivity contribution in [3.63, 3.8) is 0 Å². The van der Waals surface area contributed by atoms with Gasteiger partial charge in [-0.2, -0.15) is 0 Å². The Morgan fingerprint density at radius 1 is 1.04 bits per heavy atom. The molecule has 0 aliphatic carbocycles. The van der Waals surface area contributed by atoms with Crippen molar-refractivity contribution in [1.82, 2.24) is 15.5 Å². The number of amides is 3. The van der Waals surface area contributed by atoms with E-state index in [1.807, 2.05) is 45.0 Å². The molecular formula is C18H28N4O3. The second-order valence-electron chi connectivity index (χ2n) is 6.51. The molecule has 1 atom stereocenters. The molecular weight excluding hydrogens is 320 g/mol. The molecule has 2 N–H and O–H groups in total. The zero-order chi connectivity index (χ0) is 18.4. The average Bonchev–Trinajstić information content (AvgIpc) is 2.60. The molecule has 1 aromatic rings. The van der Waals surface area contributed by atoms with Gasteiger partial charge in [-0.05, 0) is 45.0 Å². The lowest BCUT2D eigenvalue weighted by molar-refractivity contribution is -0.124. The lowest BCUT2D eigenvalue weighted by Gasteiger charge is -2.38. The number of rotatable bonds is 5. The first-order valence-corrected chi connectivity index (χ1v) is 8.65. The highest BCUT2D eigenvalue weighted by Gasteiger charge is 2.26. The number of hydrogen-bond donors (Lipinski definition) is 2. The van der Waals surface area contributed by atoms with Gasteiger partial charge >= 0.3 is 6.03 Å². The molecule has 1 aliphatic heterocycles. The highest BCUT2D eigenvalue weighted by molar-refractivity contribution is 5.96. The van der Waals surface area contributed by atoms with E-state index in [1.165, 1.54) is 0 Å². The largest absolute Gasteiger partial charge is 0.497 e. The Morgan fingerprint density at radius 2 is 1.64 bits per heavy atom. The number of carbonyl (C=O) groups is 2. The molecule has 1 aromatic carbocycles. The fourth-order valence-electron chi connectivity index (χ4n) is 2.84. The average molecular weight is 348 g/mol. The smallest absolute Gasteiger partial charge is 0.321 e. The van der Waals surface area contributed by atoms with Gasteiger partial charge < -0.3 is 15.0 Å². The third-order valence-corrected chi connectivity index (χ3v) is 4.34. The summed E-state index contributed by atoms with van der Waals surface area (Å²) in [6, 6.07) is 7.20. The lowest BCUT2D eigenvalue weighted by Crippen LogP contribution is -2.55. The van der Waals surface area contributed by atoms with Gasteiger partial charge in [0.15, 0.2) is 0 Å². The predicted molar refractivity (Wildman–Crippen MR) is 98.1 cm³/mol. The van der Waals surface area contributed by atoms with Crippen LogP contribution in [0.25, 0.3) is 0 Å². The minimum Gasteiger partial charge on any atom is -0.497 e. The van der Waals surface area contributed by atoms with E-state index in [-0.39, 0.29) is 18.0 Å². The third-order valence-electron chi connectivity index (χ3n) is 4.34. The number of nitrogens with one attached hydrogen (secondary N) is 2. The van der Waals surface area contributed by atoms with Gasteiger partial charge in [0.05, 0.1) is 13.2 Å². The monoisotopic (exact) mass is 348 g/mol. The zero-order valence-electron chi connectivity index (χ0n) is 15.4. The maximum absolute atomic E-state index is 12.2. The van der Waals surface area contributed by atoms with Gasteiger partial charge in [0.2, 0.25) is 5.91 Å². The second kappa shape index (κ2) is 8.71. The van der Waals surface area contributed by atoms with E-state index >= 15 is 0 Å². The number of nitrogens with zero attached hydrogens (tertiary/aromatic N) is 2. The van der Waals surface area contributed by atoms with Crippen molar-refractivity contribution in [3.05, 3.63) is 24.3 Å². The maximum atomic E-state index is 12.2. The van der Waals surface area contributed by atoms with Crippen LogP contribution >= 0.6 is 0 Å². The van der Waals surface area contributed by atoms with Crippen molar-refractivity contribution in [2.45, 2.75) is 32.9 Å². The van der Waals surface area contributed by atoms with Crippen LogP contribution in [0.3, 0.4) is 0 Å². The summed E-state index contributed by atoms with van der Waals surface area (Å²) in [7, 11) is 1.65. The highest BCUT2D eigenvalue weighted by atomic mass is 16.5. The Kier molecular flexibility index (Phi) is 6.64. The van der Waals surface area contributed by atoms with Crippen LogP contribution < -0.4 is 20.3 Å². The lowest BCUT2D eigenvalue weighted by atomic mass is 10.2. The number of piperazine rings is 1. The molecule has 0 saturated carbocycles. The first kappa shape index (κ1) is 19.1. The van der Waals surface area contributed by atoms with Crippen molar-refractivity contribution in [1.29, 1.82) is 0 Å². The van der Waals surface area contributed by atoms with E-state index in [1.54, 1.807) is 7.11 Å². The van der Waals surface area contributed by atoms with Gasteiger partial charge in [-0.25, -0.2) is 4.79 Å². The van der Waals surface area contributed by atoms with E-state index in [0.29, 0.717) is 0 Å². The second-order valence-corrected chi connectivity index (χ2v) is 6.51. The first-order chi connectivity index (χ1) is 11.9. The fraction of sp³-hybridized carbons (Fsp3) is 0.556. The van der Waals surface area contributed by atoms with E-state index in [2.05, 4.69) is 20.4 Å². The predicted octanol–water partition coefficient (Wildman–Crippen LogP) is 1.44. The number of ether oxygens (including phenoxy) is 1. The van der Waals surface area contributed by atoms with E-state index in [4.69, 9.17) is 4.74 Å². The Balaban J connectivity index is 1.83. The number of carbonyl (C=O) groups excluding carboxylic acids is 2. The summed E-state index contributed by atoms with van der Waals surface area (Å²) in [6.45, 7) is 8.75. The van der Waals surface area contributed by atoms with Crippen LogP contribution in [0.1, 0.15) is 20.8 Å². The molecule has 7 nitrogen and oxygen atoms in total. The van der Waals surface area contributed by atoms with Crippen molar-refractivity contribution in [3.8, 4) is 5.75 Å². The summed E-state index contributed by atoms with van der Waals surface area (Å²) >= 11 is 0. The first-order valence-electron chi connectivity index (χ1n) is 8.65. The van der Waals surface area contributed by atoms with Crippen molar-refractivity contribution < 1.29 is 14.3 Å². The van der Waals surface area contributed by atoms with Crippen LogP contribution in [0, 0.1) is 0 Å². The topological polar surface area (TPSA) is 73.9 Å². The van der Waals surface area contributed by atoms with Crippen molar-refractivity contribution >= 4 is 17.6 Å². The number of urea groups is 1. The Labute approximate surface area is 149 Å². The number of benzene rings is 1. The molecule has 1 aliphatic rings. The van der Waals surface area contributed by atoms with Crippen LogP contribution in [0.2, 0.25) is 0 Å². The van der Waals surface area contributed by atoms with Gasteiger partial charge in [-0.1, -0.05) is 0 Å². The number of hydrogen-bond acceptors (Lipinski definition) is 5. The number of anilines is 1. The molecule has 138 valence electrons. The van der Waals surface area contributed by atoms with Crippen molar-refractivity contribution in [2.24, 2.45) is 0 Å². The van der Waals surface area contributed by atoms with Crippen LogP contribution in [0.4, 0.5) is 10.5 Å². The maximum Gasteiger partial charge on any atom is 0.321 e. The molecule has 0 radical (unpaired) electrons. The van der Waals surface area contributed by atoms with Gasteiger partial charge in [0.25, 0.3) is 0 Å². The van der Waals surface area contributed by atoms with Gasteiger partial charge in [-0.15, -0.1) is 0 Å². The zero-order valence-corrected chi connectivity index (χ0v) is 15.4. The minimum absolute atomic E-state index is 0.00357. The summed E-state index contributed by atoms with van der Waals surface area (Å²) in [4.78, 5) is 28.3.